The SMILES string of the molecule is O=C(/C=C/c1ccccc1)NCc1cc(-c2ccccn2)n(C2CCCC2)n1. The van der Waals surface area contributed by atoms with Crippen LogP contribution in [-0.4, -0.2) is 20.7 Å². The van der Waals surface area contributed by atoms with Gasteiger partial charge < -0.3 is 5.32 Å². The van der Waals surface area contributed by atoms with Crippen molar-refractivity contribution in [2.45, 2.75) is 38.3 Å². The standard InChI is InChI=1S/C23H24N4O/c28-23(14-13-18-8-2-1-3-9-18)25-17-19-16-22(21-12-6-7-15-24-21)27(26-19)20-10-4-5-11-20/h1-3,6-9,12-16,20H,4-5,10-11,17H2,(H,25,28)/b14-13+. The maximum Gasteiger partial charge on any atom is 0.244 e. The number of nitrogens with one attached hydrogen (secondary N) is 1. The van der Waals surface area contributed by atoms with Gasteiger partial charge in [-0.15, -0.1) is 0 Å². The summed E-state index contributed by atoms with van der Waals surface area (Å²) in [6, 6.07) is 18.2. The molecule has 3 aromatic rings. The van der Waals surface area contributed by atoms with Crippen molar-refractivity contribution in [3.63, 3.8) is 0 Å². The quantitative estimate of drug-likeness (QED) is 0.653. The minimum absolute atomic E-state index is 0.126. The van der Waals surface area contributed by atoms with E-state index in [1.54, 1.807) is 12.3 Å². The molecule has 1 N–H and O–H groups in total. The summed E-state index contributed by atoms with van der Waals surface area (Å²) in [6.07, 6.45) is 9.94. The van der Waals surface area contributed by atoms with Gasteiger partial charge in [0, 0.05) is 12.3 Å². The predicted octanol–water partition coefficient (Wildman–Crippen LogP) is 4.39. The van der Waals surface area contributed by atoms with Crippen molar-refractivity contribution in [2.75, 3.05) is 0 Å². The third-order valence-electron chi connectivity index (χ3n) is 5.05. The highest BCUT2D eigenvalue weighted by atomic mass is 16.1. The lowest BCUT2D eigenvalue weighted by molar-refractivity contribution is -0.116. The molecule has 2 heterocycles. The van der Waals surface area contributed by atoms with Gasteiger partial charge in [-0.25, -0.2) is 0 Å². The van der Waals surface area contributed by atoms with E-state index in [2.05, 4.69) is 15.0 Å². The van der Waals surface area contributed by atoms with Crippen LogP contribution in [0, 0.1) is 0 Å². The van der Waals surface area contributed by atoms with Crippen LogP contribution in [0.3, 0.4) is 0 Å². The molecule has 1 aliphatic carbocycles. The van der Waals surface area contributed by atoms with Crippen molar-refractivity contribution in [2.24, 2.45) is 0 Å². The van der Waals surface area contributed by atoms with Crippen LogP contribution in [0.2, 0.25) is 0 Å². The number of benzene rings is 1. The van der Waals surface area contributed by atoms with E-state index >= 15 is 0 Å². The second-order valence-electron chi connectivity index (χ2n) is 7.08. The van der Waals surface area contributed by atoms with E-state index in [1.807, 2.05) is 60.7 Å². The van der Waals surface area contributed by atoms with Crippen LogP contribution in [0.1, 0.15) is 43.0 Å². The third kappa shape index (κ3) is 4.36. The normalized spacial score (nSPS) is 14.6. The van der Waals surface area contributed by atoms with Gasteiger partial charge in [0.25, 0.3) is 0 Å². The number of carbonyl (C=O) groups excluding carboxylic acids is 1. The molecule has 0 atom stereocenters. The molecule has 1 fully saturated rings. The number of nitrogens with zero attached hydrogens (tertiary/aromatic N) is 3. The summed E-state index contributed by atoms with van der Waals surface area (Å²) in [5.41, 5.74) is 3.80. The molecule has 142 valence electrons. The minimum Gasteiger partial charge on any atom is -0.347 e. The average Bonchev–Trinajstić information content (AvgIpc) is 3.42. The molecule has 1 amide bonds. The Hall–Kier alpha value is -3.21. The van der Waals surface area contributed by atoms with Crippen molar-refractivity contribution >= 4 is 12.0 Å². The number of amides is 1. The maximum atomic E-state index is 12.2. The fourth-order valence-corrected chi connectivity index (χ4v) is 3.64. The van der Waals surface area contributed by atoms with E-state index < -0.39 is 0 Å². The molecule has 5 nitrogen and oxygen atoms in total. The molecular formula is C23H24N4O. The van der Waals surface area contributed by atoms with Crippen molar-refractivity contribution in [1.29, 1.82) is 0 Å². The molecule has 1 aliphatic rings. The van der Waals surface area contributed by atoms with Gasteiger partial charge in [0.05, 0.1) is 29.7 Å². The highest BCUT2D eigenvalue weighted by Gasteiger charge is 2.22. The van der Waals surface area contributed by atoms with Crippen LogP contribution in [-0.2, 0) is 11.3 Å². The van der Waals surface area contributed by atoms with E-state index in [0.29, 0.717) is 12.6 Å². The number of hydrogen-bond donors (Lipinski definition) is 1. The van der Waals surface area contributed by atoms with E-state index in [4.69, 9.17) is 5.10 Å². The summed E-state index contributed by atoms with van der Waals surface area (Å²) in [5, 5.41) is 7.73. The van der Waals surface area contributed by atoms with Crippen molar-refractivity contribution in [3.8, 4) is 11.4 Å². The Labute approximate surface area is 165 Å². The maximum absolute atomic E-state index is 12.2. The van der Waals surface area contributed by atoms with Crippen LogP contribution in [0.4, 0.5) is 0 Å². The van der Waals surface area contributed by atoms with E-state index in [0.717, 1.165) is 35.5 Å². The summed E-state index contributed by atoms with van der Waals surface area (Å²) >= 11 is 0. The molecule has 0 saturated heterocycles. The van der Waals surface area contributed by atoms with E-state index in [1.165, 1.54) is 12.8 Å². The molecule has 0 unspecified atom stereocenters. The molecule has 1 saturated carbocycles. The lowest BCUT2D eigenvalue weighted by Crippen LogP contribution is -2.20. The number of hydrogen-bond acceptors (Lipinski definition) is 3. The Morgan fingerprint density at radius 2 is 1.89 bits per heavy atom. The summed E-state index contributed by atoms with van der Waals surface area (Å²) in [7, 11) is 0. The lowest BCUT2D eigenvalue weighted by atomic mass is 10.2. The summed E-state index contributed by atoms with van der Waals surface area (Å²) in [6.45, 7) is 0.400. The van der Waals surface area contributed by atoms with Crippen molar-refractivity contribution in [1.82, 2.24) is 20.1 Å². The van der Waals surface area contributed by atoms with Crippen LogP contribution in [0.15, 0.2) is 66.9 Å². The van der Waals surface area contributed by atoms with Gasteiger partial charge in [0.15, 0.2) is 0 Å². The number of rotatable bonds is 6. The van der Waals surface area contributed by atoms with Gasteiger partial charge >= 0.3 is 0 Å². The molecule has 0 radical (unpaired) electrons. The first kappa shape index (κ1) is 18.2. The Bertz CT molecular complexity index is 941. The highest BCUT2D eigenvalue weighted by Crippen LogP contribution is 2.33. The summed E-state index contributed by atoms with van der Waals surface area (Å²) in [4.78, 5) is 16.7. The van der Waals surface area contributed by atoms with Gasteiger partial charge in [-0.05, 0) is 42.7 Å². The molecule has 2 aromatic heterocycles. The van der Waals surface area contributed by atoms with Crippen LogP contribution in [0.25, 0.3) is 17.5 Å². The van der Waals surface area contributed by atoms with Gasteiger partial charge in [0.2, 0.25) is 5.91 Å². The number of carbonyl (C=O) groups is 1. The smallest absolute Gasteiger partial charge is 0.244 e. The molecule has 5 heteroatoms. The first-order valence-corrected chi connectivity index (χ1v) is 9.80. The molecule has 4 rings (SSSR count). The minimum atomic E-state index is -0.126. The molecular weight excluding hydrogens is 348 g/mol. The lowest BCUT2D eigenvalue weighted by Gasteiger charge is -2.13. The Balaban J connectivity index is 1.47. The highest BCUT2D eigenvalue weighted by molar-refractivity contribution is 5.91. The fraction of sp³-hybridized carbons (Fsp3) is 0.261. The second-order valence-corrected chi connectivity index (χ2v) is 7.08. The fourth-order valence-electron chi connectivity index (χ4n) is 3.64. The first-order chi connectivity index (χ1) is 13.8. The molecule has 1 aromatic carbocycles. The Morgan fingerprint density at radius 1 is 1.11 bits per heavy atom. The monoisotopic (exact) mass is 372 g/mol. The van der Waals surface area contributed by atoms with E-state index in [9.17, 15) is 4.79 Å². The second kappa shape index (κ2) is 8.65. The van der Waals surface area contributed by atoms with Crippen LogP contribution in [0.5, 0.6) is 0 Å². The molecule has 0 bridgehead atoms. The molecule has 28 heavy (non-hydrogen) atoms. The summed E-state index contributed by atoms with van der Waals surface area (Å²) in [5.74, 6) is -0.126. The number of aromatic nitrogens is 3. The zero-order chi connectivity index (χ0) is 19.2. The number of pyridine rings is 1. The van der Waals surface area contributed by atoms with Crippen LogP contribution < -0.4 is 5.32 Å². The molecule has 0 aliphatic heterocycles. The average molecular weight is 372 g/mol. The topological polar surface area (TPSA) is 59.8 Å². The Kier molecular flexibility index (Phi) is 5.61. The first-order valence-electron chi connectivity index (χ1n) is 9.80. The summed E-state index contributed by atoms with van der Waals surface area (Å²) < 4.78 is 2.11. The van der Waals surface area contributed by atoms with Gasteiger partial charge in [-0.3, -0.25) is 14.5 Å². The van der Waals surface area contributed by atoms with Gasteiger partial charge in [-0.2, -0.15) is 5.10 Å². The Morgan fingerprint density at radius 3 is 2.64 bits per heavy atom. The van der Waals surface area contributed by atoms with E-state index in [-0.39, 0.29) is 5.91 Å². The van der Waals surface area contributed by atoms with Gasteiger partial charge in [-0.1, -0.05) is 49.2 Å². The largest absolute Gasteiger partial charge is 0.347 e. The van der Waals surface area contributed by atoms with Gasteiger partial charge in [0.1, 0.15) is 0 Å². The predicted molar refractivity (Wildman–Crippen MR) is 110 cm³/mol. The zero-order valence-corrected chi connectivity index (χ0v) is 15.8. The van der Waals surface area contributed by atoms with Crippen molar-refractivity contribution < 1.29 is 4.79 Å². The van der Waals surface area contributed by atoms with Crippen molar-refractivity contribution in [3.05, 3.63) is 78.1 Å². The van der Waals surface area contributed by atoms with Crippen LogP contribution >= 0.6 is 0 Å². The molecule has 0 spiro atoms. The third-order valence-corrected chi connectivity index (χ3v) is 5.05. The zero-order valence-electron chi connectivity index (χ0n) is 15.8.